The molecule has 1 aliphatic heterocycles. The molecule has 7 rings (SSSR count). The standard InChI is InChI=1S/C35H33N6S/c1-2-4-31(5-3-1)24-42-35-33-34(36-25-37-35)41(26-38-33)23-30-14-10-28(11-15-30)7-6-27-8-12-29(13-9-27)22-39-18-16-32(17-19-39)40-20-21-40/h1-5,8-19,25-26H,6-7,20-24H2/q+1. The molecule has 0 amide bonds. The van der Waals surface area contributed by atoms with E-state index in [4.69, 9.17) is 0 Å². The molecule has 0 atom stereocenters. The highest BCUT2D eigenvalue weighted by Crippen LogP contribution is 2.27. The van der Waals surface area contributed by atoms with Gasteiger partial charge in [-0.15, -0.1) is 0 Å². The Morgan fingerprint density at radius 2 is 1.33 bits per heavy atom. The predicted molar refractivity (Wildman–Crippen MR) is 169 cm³/mol. The molecule has 208 valence electrons. The van der Waals surface area contributed by atoms with E-state index in [0.717, 1.165) is 47.9 Å². The zero-order valence-corrected chi connectivity index (χ0v) is 24.3. The molecule has 0 N–H and O–H groups in total. The number of anilines is 1. The van der Waals surface area contributed by atoms with Gasteiger partial charge in [0.05, 0.1) is 12.9 Å². The molecular formula is C35H33N6S+. The number of fused-ring (bicyclic) bond motifs is 1. The minimum absolute atomic E-state index is 0.733. The van der Waals surface area contributed by atoms with Gasteiger partial charge in [-0.3, -0.25) is 0 Å². The van der Waals surface area contributed by atoms with Gasteiger partial charge in [-0.05, 0) is 35.1 Å². The van der Waals surface area contributed by atoms with Gasteiger partial charge in [0.15, 0.2) is 24.6 Å². The predicted octanol–water partition coefficient (Wildman–Crippen LogP) is 6.11. The van der Waals surface area contributed by atoms with Crippen molar-refractivity contribution in [2.75, 3.05) is 18.0 Å². The fourth-order valence-electron chi connectivity index (χ4n) is 5.20. The lowest BCUT2D eigenvalue weighted by atomic mass is 10.0. The minimum atomic E-state index is 0.733. The summed E-state index contributed by atoms with van der Waals surface area (Å²) in [6, 6.07) is 32.9. The van der Waals surface area contributed by atoms with Crippen molar-refractivity contribution in [1.29, 1.82) is 0 Å². The second-order valence-electron chi connectivity index (χ2n) is 10.8. The summed E-state index contributed by atoms with van der Waals surface area (Å²) in [6.45, 7) is 4.00. The van der Waals surface area contributed by atoms with Gasteiger partial charge >= 0.3 is 0 Å². The van der Waals surface area contributed by atoms with Crippen molar-refractivity contribution >= 4 is 28.6 Å². The molecule has 1 fully saturated rings. The number of nitrogens with zero attached hydrogens (tertiary/aromatic N) is 6. The van der Waals surface area contributed by atoms with E-state index in [1.54, 1.807) is 18.1 Å². The molecule has 4 heterocycles. The Bertz CT molecular complexity index is 1760. The van der Waals surface area contributed by atoms with Gasteiger partial charge in [0.1, 0.15) is 16.9 Å². The number of hydrogen-bond donors (Lipinski definition) is 0. The first-order valence-electron chi connectivity index (χ1n) is 14.5. The van der Waals surface area contributed by atoms with E-state index in [-0.39, 0.29) is 0 Å². The number of pyridine rings is 1. The minimum Gasteiger partial charge on any atom is -0.368 e. The lowest BCUT2D eigenvalue weighted by Crippen LogP contribution is -2.33. The average molecular weight is 570 g/mol. The Balaban J connectivity index is 0.930. The summed E-state index contributed by atoms with van der Waals surface area (Å²) in [4.78, 5) is 16.1. The molecule has 0 unspecified atom stereocenters. The fraction of sp³-hybridized carbons (Fsp3) is 0.200. The van der Waals surface area contributed by atoms with Crippen LogP contribution in [0, 0.1) is 0 Å². The van der Waals surface area contributed by atoms with Crippen LogP contribution in [0.25, 0.3) is 11.2 Å². The Morgan fingerprint density at radius 1 is 0.667 bits per heavy atom. The second kappa shape index (κ2) is 12.2. The summed E-state index contributed by atoms with van der Waals surface area (Å²) in [6.07, 6.45) is 9.94. The molecule has 1 aliphatic rings. The molecule has 7 heteroatoms. The highest BCUT2D eigenvalue weighted by Gasteiger charge is 2.18. The van der Waals surface area contributed by atoms with Crippen LogP contribution < -0.4 is 9.47 Å². The quantitative estimate of drug-likeness (QED) is 0.0816. The third-order valence-electron chi connectivity index (χ3n) is 7.74. The van der Waals surface area contributed by atoms with E-state index in [1.807, 2.05) is 12.4 Å². The topological polar surface area (TPSA) is 50.5 Å². The molecule has 3 aromatic carbocycles. The van der Waals surface area contributed by atoms with Gasteiger partial charge in [-0.2, -0.15) is 0 Å². The van der Waals surface area contributed by atoms with Gasteiger partial charge in [0.2, 0.25) is 0 Å². The molecule has 0 saturated carbocycles. The first kappa shape index (κ1) is 26.4. The van der Waals surface area contributed by atoms with Crippen molar-refractivity contribution in [3.05, 3.63) is 144 Å². The highest BCUT2D eigenvalue weighted by molar-refractivity contribution is 7.98. The first-order valence-corrected chi connectivity index (χ1v) is 15.5. The molecule has 6 nitrogen and oxygen atoms in total. The van der Waals surface area contributed by atoms with E-state index in [2.05, 4.69) is 126 Å². The lowest BCUT2D eigenvalue weighted by molar-refractivity contribution is -0.688. The second-order valence-corrected chi connectivity index (χ2v) is 11.8. The lowest BCUT2D eigenvalue weighted by Gasteiger charge is -2.07. The van der Waals surface area contributed by atoms with Crippen LogP contribution in [0.1, 0.15) is 27.8 Å². The van der Waals surface area contributed by atoms with Crippen molar-refractivity contribution in [3.63, 3.8) is 0 Å². The van der Waals surface area contributed by atoms with Gasteiger partial charge in [0, 0.05) is 42.2 Å². The Labute approximate surface area is 250 Å². The van der Waals surface area contributed by atoms with Crippen molar-refractivity contribution in [3.8, 4) is 0 Å². The van der Waals surface area contributed by atoms with Gasteiger partial charge in [0.25, 0.3) is 0 Å². The van der Waals surface area contributed by atoms with Crippen LogP contribution in [0.15, 0.2) is 121 Å². The van der Waals surface area contributed by atoms with E-state index >= 15 is 0 Å². The summed E-state index contributed by atoms with van der Waals surface area (Å²) < 4.78 is 4.35. The average Bonchev–Trinajstić information content (AvgIpc) is 3.82. The molecule has 0 spiro atoms. The Hall–Kier alpha value is -4.49. The molecule has 6 aromatic rings. The van der Waals surface area contributed by atoms with Crippen molar-refractivity contribution in [2.45, 2.75) is 36.7 Å². The zero-order valence-electron chi connectivity index (χ0n) is 23.5. The first-order chi connectivity index (χ1) is 20.8. The number of benzene rings is 3. The summed E-state index contributed by atoms with van der Waals surface area (Å²) in [5, 5.41) is 0.922. The molecule has 0 radical (unpaired) electrons. The SMILES string of the molecule is c1ccc(CSc2ncnc3c2ncn3Cc2ccc(CCc3ccc(C[n+]4ccc(N5CC5)cc4)cc3)cc2)cc1. The monoisotopic (exact) mass is 569 g/mol. The Kier molecular flexibility index (Phi) is 7.65. The molecule has 0 aliphatic carbocycles. The van der Waals surface area contributed by atoms with Crippen LogP contribution in [0.3, 0.4) is 0 Å². The maximum absolute atomic E-state index is 4.66. The maximum atomic E-state index is 4.66. The largest absolute Gasteiger partial charge is 0.368 e. The van der Waals surface area contributed by atoms with Gasteiger partial charge in [-0.25, -0.2) is 19.5 Å². The number of aromatic nitrogens is 5. The summed E-state index contributed by atoms with van der Waals surface area (Å²) in [5.74, 6) is 0.859. The zero-order chi connectivity index (χ0) is 28.1. The smallest absolute Gasteiger partial charge is 0.173 e. The molecule has 42 heavy (non-hydrogen) atoms. The Morgan fingerprint density at radius 3 is 2.02 bits per heavy atom. The number of rotatable bonds is 11. The van der Waals surface area contributed by atoms with Crippen LogP contribution in [-0.2, 0) is 31.7 Å². The van der Waals surface area contributed by atoms with E-state index in [9.17, 15) is 0 Å². The number of aryl methyl sites for hydroxylation is 2. The third kappa shape index (κ3) is 6.37. The number of thioether (sulfide) groups is 1. The highest BCUT2D eigenvalue weighted by atomic mass is 32.2. The molecule has 1 saturated heterocycles. The van der Waals surface area contributed by atoms with E-state index in [0.29, 0.717) is 0 Å². The summed E-state index contributed by atoms with van der Waals surface area (Å²) in [7, 11) is 0. The van der Waals surface area contributed by atoms with Crippen LogP contribution >= 0.6 is 11.8 Å². The maximum Gasteiger partial charge on any atom is 0.173 e. The summed E-state index contributed by atoms with van der Waals surface area (Å²) >= 11 is 1.70. The molecule has 3 aromatic heterocycles. The number of imidazole rings is 1. The molecule has 0 bridgehead atoms. The fourth-order valence-corrected chi connectivity index (χ4v) is 6.10. The van der Waals surface area contributed by atoms with Crippen molar-refractivity contribution in [2.24, 2.45) is 0 Å². The van der Waals surface area contributed by atoms with E-state index in [1.165, 1.54) is 46.6 Å². The van der Waals surface area contributed by atoms with Crippen LogP contribution in [0.2, 0.25) is 0 Å². The summed E-state index contributed by atoms with van der Waals surface area (Å²) in [5.41, 5.74) is 9.61. The third-order valence-corrected chi connectivity index (χ3v) is 8.79. The van der Waals surface area contributed by atoms with Crippen LogP contribution in [-0.4, -0.2) is 32.6 Å². The normalized spacial score (nSPS) is 12.6. The van der Waals surface area contributed by atoms with Gasteiger partial charge < -0.3 is 9.47 Å². The van der Waals surface area contributed by atoms with Crippen LogP contribution in [0.4, 0.5) is 5.69 Å². The van der Waals surface area contributed by atoms with E-state index < -0.39 is 0 Å². The number of hydrogen-bond acceptors (Lipinski definition) is 5. The van der Waals surface area contributed by atoms with Crippen molar-refractivity contribution < 1.29 is 4.57 Å². The van der Waals surface area contributed by atoms with Gasteiger partial charge in [-0.1, -0.05) is 90.6 Å². The van der Waals surface area contributed by atoms with Crippen molar-refractivity contribution in [1.82, 2.24) is 19.5 Å². The molecular weight excluding hydrogens is 536 g/mol. The van der Waals surface area contributed by atoms with Crippen LogP contribution in [0.5, 0.6) is 0 Å².